The van der Waals surface area contributed by atoms with E-state index in [1.807, 2.05) is 11.8 Å². The summed E-state index contributed by atoms with van der Waals surface area (Å²) in [6, 6.07) is 1.31. The van der Waals surface area contributed by atoms with Crippen molar-refractivity contribution in [2.75, 3.05) is 20.2 Å². The molecule has 1 aliphatic carbocycles. The number of pyridine rings is 1. The van der Waals surface area contributed by atoms with Gasteiger partial charge in [0.25, 0.3) is 0 Å². The molecule has 1 aromatic rings. The number of carboxylic acids is 1. The van der Waals surface area contributed by atoms with Crippen LogP contribution in [0.3, 0.4) is 0 Å². The Kier molecular flexibility index (Phi) is 5.55. The molecule has 1 aliphatic rings. The maximum absolute atomic E-state index is 12.3. The fourth-order valence-electron chi connectivity index (χ4n) is 2.60. The first kappa shape index (κ1) is 17.6. The van der Waals surface area contributed by atoms with Gasteiger partial charge in [-0.15, -0.1) is 0 Å². The van der Waals surface area contributed by atoms with Crippen LogP contribution in [0.25, 0.3) is 0 Å². The topological polar surface area (TPSA) is 109 Å². The largest absolute Gasteiger partial charge is 0.495 e. The quantitative estimate of drug-likeness (QED) is 0.699. The fourth-order valence-corrected chi connectivity index (χ4v) is 3.84. The zero-order valence-corrected chi connectivity index (χ0v) is 13.9. The summed E-state index contributed by atoms with van der Waals surface area (Å²) in [5.74, 6) is -0.503. The van der Waals surface area contributed by atoms with Crippen LogP contribution >= 0.6 is 0 Å². The van der Waals surface area contributed by atoms with Gasteiger partial charge in [0.15, 0.2) is 0 Å². The Balaban J connectivity index is 1.94. The Labute approximate surface area is 135 Å². The smallest absolute Gasteiger partial charge is 0.317 e. The number of carbonyl (C=O) groups is 1. The van der Waals surface area contributed by atoms with E-state index in [2.05, 4.69) is 9.71 Å². The van der Waals surface area contributed by atoms with Crippen molar-refractivity contribution >= 4 is 16.0 Å². The van der Waals surface area contributed by atoms with Crippen LogP contribution in [-0.2, 0) is 14.8 Å². The molecular weight excluding hydrogens is 322 g/mol. The maximum atomic E-state index is 12.3. The summed E-state index contributed by atoms with van der Waals surface area (Å²) in [6.07, 6.45) is 3.89. The van der Waals surface area contributed by atoms with E-state index in [4.69, 9.17) is 9.84 Å². The lowest BCUT2D eigenvalue weighted by atomic mass is 9.86. The molecule has 0 radical (unpaired) electrons. The molecule has 0 aromatic carbocycles. The zero-order valence-electron chi connectivity index (χ0n) is 13.1. The molecule has 23 heavy (non-hydrogen) atoms. The van der Waals surface area contributed by atoms with E-state index in [1.54, 1.807) is 0 Å². The summed E-state index contributed by atoms with van der Waals surface area (Å²) >= 11 is 0. The lowest BCUT2D eigenvalue weighted by Crippen LogP contribution is -2.54. The van der Waals surface area contributed by atoms with E-state index in [0.29, 0.717) is 25.1 Å². The van der Waals surface area contributed by atoms with Crippen molar-refractivity contribution in [3.63, 3.8) is 0 Å². The number of nitrogens with zero attached hydrogens (tertiary/aromatic N) is 2. The monoisotopic (exact) mass is 343 g/mol. The van der Waals surface area contributed by atoms with Crippen LogP contribution in [-0.4, -0.2) is 61.7 Å². The normalized spacial score (nSPS) is 21.0. The number of rotatable bonds is 8. The van der Waals surface area contributed by atoms with Gasteiger partial charge in [-0.05, 0) is 19.4 Å². The third-order valence-corrected chi connectivity index (χ3v) is 5.42. The SMILES string of the molecule is CCN(CC(=O)O)C1CC(NS(=O)(=O)c2cncc(OC)c2)C1. The molecule has 128 valence electrons. The van der Waals surface area contributed by atoms with Gasteiger partial charge in [-0.1, -0.05) is 6.92 Å². The third-order valence-electron chi connectivity index (χ3n) is 3.93. The molecule has 2 N–H and O–H groups in total. The summed E-state index contributed by atoms with van der Waals surface area (Å²) in [6.45, 7) is 2.49. The molecule has 1 heterocycles. The number of carboxylic acid groups (broad SMARTS) is 1. The average Bonchev–Trinajstić information content (AvgIpc) is 2.48. The molecule has 0 spiro atoms. The van der Waals surface area contributed by atoms with Crippen LogP contribution in [0.2, 0.25) is 0 Å². The minimum Gasteiger partial charge on any atom is -0.495 e. The number of ether oxygens (including phenoxy) is 1. The number of sulfonamides is 1. The Morgan fingerprint density at radius 1 is 1.48 bits per heavy atom. The van der Waals surface area contributed by atoms with E-state index >= 15 is 0 Å². The molecule has 1 fully saturated rings. The molecule has 0 unspecified atom stereocenters. The fraction of sp³-hybridized carbons (Fsp3) is 0.571. The van der Waals surface area contributed by atoms with Gasteiger partial charge in [0.1, 0.15) is 10.6 Å². The van der Waals surface area contributed by atoms with Gasteiger partial charge < -0.3 is 9.84 Å². The number of hydrogen-bond acceptors (Lipinski definition) is 6. The number of likely N-dealkylation sites (N-methyl/N-ethyl adjacent to an activating group) is 1. The molecule has 0 atom stereocenters. The van der Waals surface area contributed by atoms with Crippen molar-refractivity contribution in [3.8, 4) is 5.75 Å². The number of nitrogens with one attached hydrogen (secondary N) is 1. The summed E-state index contributed by atoms with van der Waals surface area (Å²) < 4.78 is 32.2. The van der Waals surface area contributed by atoms with E-state index in [-0.39, 0.29) is 23.5 Å². The van der Waals surface area contributed by atoms with Gasteiger partial charge in [0.05, 0.1) is 19.9 Å². The first-order valence-corrected chi connectivity index (χ1v) is 8.81. The first-order chi connectivity index (χ1) is 10.9. The van der Waals surface area contributed by atoms with Crippen LogP contribution in [0.4, 0.5) is 0 Å². The molecule has 0 saturated heterocycles. The Bertz CT molecular complexity index is 658. The molecule has 2 rings (SSSR count). The summed E-state index contributed by atoms with van der Waals surface area (Å²) in [4.78, 5) is 16.5. The van der Waals surface area contributed by atoms with Crippen LogP contribution in [0.5, 0.6) is 5.75 Å². The number of aliphatic carboxylic acids is 1. The highest BCUT2D eigenvalue weighted by atomic mass is 32.2. The third kappa shape index (κ3) is 4.40. The van der Waals surface area contributed by atoms with Crippen molar-refractivity contribution in [1.29, 1.82) is 0 Å². The van der Waals surface area contributed by atoms with Crippen molar-refractivity contribution in [2.45, 2.75) is 36.7 Å². The number of methoxy groups -OCH3 is 1. The second kappa shape index (κ2) is 7.24. The summed E-state index contributed by atoms with van der Waals surface area (Å²) in [7, 11) is -2.22. The second-order valence-corrected chi connectivity index (χ2v) is 7.17. The predicted molar refractivity (Wildman–Crippen MR) is 82.8 cm³/mol. The van der Waals surface area contributed by atoms with E-state index in [0.717, 1.165) is 0 Å². The molecular formula is C14H21N3O5S. The lowest BCUT2D eigenvalue weighted by molar-refractivity contribution is -0.139. The van der Waals surface area contributed by atoms with Gasteiger partial charge in [0.2, 0.25) is 10.0 Å². The number of aromatic nitrogens is 1. The van der Waals surface area contributed by atoms with E-state index < -0.39 is 16.0 Å². The van der Waals surface area contributed by atoms with Gasteiger partial charge in [-0.2, -0.15) is 0 Å². The molecule has 1 aromatic heterocycles. The Morgan fingerprint density at radius 3 is 2.74 bits per heavy atom. The standard InChI is InChI=1S/C14H21N3O5S/c1-3-17(9-14(18)19)11-4-10(5-11)16-23(20,21)13-6-12(22-2)7-15-8-13/h6-8,10-11,16H,3-5,9H2,1-2H3,(H,18,19). The van der Waals surface area contributed by atoms with Crippen molar-refractivity contribution < 1.29 is 23.1 Å². The molecule has 0 amide bonds. The summed E-state index contributed by atoms with van der Waals surface area (Å²) in [5.41, 5.74) is 0. The highest BCUT2D eigenvalue weighted by Gasteiger charge is 2.36. The van der Waals surface area contributed by atoms with E-state index in [1.165, 1.54) is 25.6 Å². The molecule has 1 saturated carbocycles. The van der Waals surface area contributed by atoms with Gasteiger partial charge in [-0.25, -0.2) is 13.1 Å². The lowest BCUT2D eigenvalue weighted by Gasteiger charge is -2.42. The molecule has 9 heteroatoms. The second-order valence-electron chi connectivity index (χ2n) is 5.46. The summed E-state index contributed by atoms with van der Waals surface area (Å²) in [5, 5.41) is 8.86. The van der Waals surface area contributed by atoms with Crippen LogP contribution in [0.15, 0.2) is 23.4 Å². The number of hydrogen-bond donors (Lipinski definition) is 2. The minimum atomic E-state index is -3.66. The van der Waals surface area contributed by atoms with Crippen LogP contribution in [0, 0.1) is 0 Å². The molecule has 0 aliphatic heterocycles. The highest BCUT2D eigenvalue weighted by Crippen LogP contribution is 2.27. The van der Waals surface area contributed by atoms with Crippen molar-refractivity contribution in [3.05, 3.63) is 18.5 Å². The van der Waals surface area contributed by atoms with Gasteiger partial charge >= 0.3 is 5.97 Å². The van der Waals surface area contributed by atoms with Gasteiger partial charge in [-0.3, -0.25) is 14.7 Å². The minimum absolute atomic E-state index is 0.0273. The predicted octanol–water partition coefficient (Wildman–Crippen LogP) is 0.306. The maximum Gasteiger partial charge on any atom is 0.317 e. The van der Waals surface area contributed by atoms with Crippen LogP contribution in [0.1, 0.15) is 19.8 Å². The van der Waals surface area contributed by atoms with Crippen molar-refractivity contribution in [2.24, 2.45) is 0 Å². The average molecular weight is 343 g/mol. The molecule has 0 bridgehead atoms. The molecule has 8 nitrogen and oxygen atoms in total. The van der Waals surface area contributed by atoms with Crippen LogP contribution < -0.4 is 9.46 Å². The first-order valence-electron chi connectivity index (χ1n) is 7.33. The van der Waals surface area contributed by atoms with E-state index in [9.17, 15) is 13.2 Å². The Hall–Kier alpha value is -1.71. The van der Waals surface area contributed by atoms with Crippen molar-refractivity contribution in [1.82, 2.24) is 14.6 Å². The van der Waals surface area contributed by atoms with Gasteiger partial charge in [0, 0.05) is 24.3 Å². The zero-order chi connectivity index (χ0) is 17.0. The Morgan fingerprint density at radius 2 is 2.17 bits per heavy atom. The highest BCUT2D eigenvalue weighted by molar-refractivity contribution is 7.89.